The van der Waals surface area contributed by atoms with Crippen molar-refractivity contribution < 1.29 is 18.3 Å². The van der Waals surface area contributed by atoms with Crippen LogP contribution in [0, 0.1) is 5.82 Å². The minimum Gasteiger partial charge on any atom is -0.497 e. The second kappa shape index (κ2) is 6.76. The minimum atomic E-state index is -0.612. The fourth-order valence-corrected chi connectivity index (χ4v) is 2.59. The zero-order valence-corrected chi connectivity index (χ0v) is 13.8. The van der Waals surface area contributed by atoms with Gasteiger partial charge in [0.15, 0.2) is 0 Å². The Balaban J connectivity index is 1.95. The smallest absolute Gasteiger partial charge is 0.337 e. The van der Waals surface area contributed by atoms with Crippen LogP contribution in [0.4, 0.5) is 4.39 Å². The summed E-state index contributed by atoms with van der Waals surface area (Å²) in [4.78, 5) is 26.0. The monoisotopic (exact) mass is 341 g/mol. The van der Waals surface area contributed by atoms with Crippen LogP contribution in [0.25, 0.3) is 11.0 Å². The van der Waals surface area contributed by atoms with Crippen LogP contribution >= 0.6 is 0 Å². The molecule has 3 aromatic rings. The molecule has 0 N–H and O–H groups in total. The van der Waals surface area contributed by atoms with Gasteiger partial charge in [-0.1, -0.05) is 12.1 Å². The average molecular weight is 341 g/mol. The molecule has 1 aromatic heterocycles. The normalized spacial score (nSPS) is 10.7. The van der Waals surface area contributed by atoms with Crippen LogP contribution in [0.5, 0.6) is 5.75 Å². The maximum Gasteiger partial charge on any atom is 0.337 e. The van der Waals surface area contributed by atoms with Crippen molar-refractivity contribution in [2.75, 3.05) is 14.2 Å². The number of benzene rings is 2. The van der Waals surface area contributed by atoms with E-state index < -0.39 is 5.63 Å². The fourth-order valence-electron chi connectivity index (χ4n) is 2.59. The Morgan fingerprint density at radius 3 is 2.56 bits per heavy atom. The molecule has 3 rings (SSSR count). The topological polar surface area (TPSA) is 59.8 Å². The van der Waals surface area contributed by atoms with Crippen LogP contribution in [0.3, 0.4) is 0 Å². The molecular formula is C19H16FNO4. The van der Waals surface area contributed by atoms with E-state index in [1.165, 1.54) is 30.2 Å². The SMILES string of the molecule is COc1ccc2c(C(=O)N(C)Cc3ccc(F)cc3)cc(=O)oc2c1. The molecular weight excluding hydrogens is 325 g/mol. The van der Waals surface area contributed by atoms with Gasteiger partial charge in [-0.2, -0.15) is 0 Å². The molecule has 5 nitrogen and oxygen atoms in total. The number of ether oxygens (including phenoxy) is 1. The van der Waals surface area contributed by atoms with E-state index in [-0.39, 0.29) is 29.4 Å². The van der Waals surface area contributed by atoms with E-state index in [0.717, 1.165) is 5.56 Å². The van der Waals surface area contributed by atoms with E-state index in [1.54, 1.807) is 37.4 Å². The molecule has 0 unspecified atom stereocenters. The largest absolute Gasteiger partial charge is 0.497 e. The molecule has 0 aliphatic rings. The van der Waals surface area contributed by atoms with Crippen LogP contribution in [0.1, 0.15) is 15.9 Å². The van der Waals surface area contributed by atoms with Crippen LogP contribution < -0.4 is 10.4 Å². The first-order chi connectivity index (χ1) is 12.0. The third kappa shape index (κ3) is 3.52. The highest BCUT2D eigenvalue weighted by molar-refractivity contribution is 6.05. The van der Waals surface area contributed by atoms with E-state index in [0.29, 0.717) is 11.1 Å². The van der Waals surface area contributed by atoms with Gasteiger partial charge in [-0.3, -0.25) is 4.79 Å². The van der Waals surface area contributed by atoms with Gasteiger partial charge >= 0.3 is 5.63 Å². The third-order valence-corrected chi connectivity index (χ3v) is 3.86. The Bertz CT molecular complexity index is 979. The molecule has 0 bridgehead atoms. The molecule has 2 aromatic carbocycles. The number of methoxy groups -OCH3 is 1. The van der Waals surface area contributed by atoms with Gasteiger partial charge in [-0.15, -0.1) is 0 Å². The lowest BCUT2D eigenvalue weighted by atomic mass is 10.1. The van der Waals surface area contributed by atoms with E-state index in [4.69, 9.17) is 9.15 Å². The fraction of sp³-hybridized carbons (Fsp3) is 0.158. The van der Waals surface area contributed by atoms with E-state index in [1.807, 2.05) is 0 Å². The Morgan fingerprint density at radius 1 is 1.16 bits per heavy atom. The van der Waals surface area contributed by atoms with Gasteiger partial charge in [0, 0.05) is 31.1 Å². The van der Waals surface area contributed by atoms with Crippen LogP contribution in [0.15, 0.2) is 57.7 Å². The molecule has 1 heterocycles. The molecule has 6 heteroatoms. The number of hydrogen-bond acceptors (Lipinski definition) is 4. The lowest BCUT2D eigenvalue weighted by Crippen LogP contribution is -2.27. The first-order valence-corrected chi connectivity index (χ1v) is 7.60. The number of carbonyl (C=O) groups excluding carboxylic acids is 1. The first kappa shape index (κ1) is 16.7. The third-order valence-electron chi connectivity index (χ3n) is 3.86. The molecule has 0 fully saturated rings. The molecule has 1 amide bonds. The summed E-state index contributed by atoms with van der Waals surface area (Å²) < 4.78 is 23.3. The maximum atomic E-state index is 13.0. The van der Waals surface area contributed by atoms with E-state index in [2.05, 4.69) is 0 Å². The van der Waals surface area contributed by atoms with Gasteiger partial charge in [-0.25, -0.2) is 9.18 Å². The summed E-state index contributed by atoms with van der Waals surface area (Å²) in [6, 6.07) is 12.0. The highest BCUT2D eigenvalue weighted by atomic mass is 19.1. The summed E-state index contributed by atoms with van der Waals surface area (Å²) in [5, 5.41) is 0.524. The van der Waals surface area contributed by atoms with Crippen molar-refractivity contribution in [3.63, 3.8) is 0 Å². The van der Waals surface area contributed by atoms with E-state index >= 15 is 0 Å². The molecule has 0 atom stereocenters. The second-order valence-corrected chi connectivity index (χ2v) is 5.63. The van der Waals surface area contributed by atoms with Gasteiger partial charge in [0.05, 0.1) is 12.7 Å². The average Bonchev–Trinajstić information content (AvgIpc) is 2.61. The van der Waals surface area contributed by atoms with Crippen molar-refractivity contribution in [1.29, 1.82) is 0 Å². The van der Waals surface area contributed by atoms with Gasteiger partial charge < -0.3 is 14.1 Å². The van der Waals surface area contributed by atoms with Crippen molar-refractivity contribution in [2.45, 2.75) is 6.54 Å². The Labute approximate surface area is 143 Å². The van der Waals surface area contributed by atoms with Crippen molar-refractivity contribution in [1.82, 2.24) is 4.90 Å². The molecule has 25 heavy (non-hydrogen) atoms. The highest BCUT2D eigenvalue weighted by Gasteiger charge is 2.18. The molecule has 0 saturated heterocycles. The molecule has 0 spiro atoms. The first-order valence-electron chi connectivity index (χ1n) is 7.60. The molecule has 0 saturated carbocycles. The number of fused-ring (bicyclic) bond motifs is 1. The maximum absolute atomic E-state index is 13.0. The second-order valence-electron chi connectivity index (χ2n) is 5.63. The van der Waals surface area contributed by atoms with E-state index in [9.17, 15) is 14.0 Å². The van der Waals surface area contributed by atoms with Crippen molar-refractivity contribution in [2.24, 2.45) is 0 Å². The lowest BCUT2D eigenvalue weighted by molar-refractivity contribution is 0.0786. The summed E-state index contributed by atoms with van der Waals surface area (Å²) in [6.07, 6.45) is 0. The number of carbonyl (C=O) groups is 1. The number of hydrogen-bond donors (Lipinski definition) is 0. The summed E-state index contributed by atoms with van der Waals surface area (Å²) in [5.41, 5.74) is 0.703. The number of nitrogens with zero attached hydrogens (tertiary/aromatic N) is 1. The Kier molecular flexibility index (Phi) is 4.52. The number of rotatable bonds is 4. The van der Waals surface area contributed by atoms with Gasteiger partial charge in [0.25, 0.3) is 5.91 Å². The summed E-state index contributed by atoms with van der Waals surface area (Å²) in [6.45, 7) is 0.289. The summed E-state index contributed by atoms with van der Waals surface area (Å²) in [5.74, 6) is -0.134. The van der Waals surface area contributed by atoms with Crippen LogP contribution in [-0.4, -0.2) is 25.0 Å². The lowest BCUT2D eigenvalue weighted by Gasteiger charge is -2.18. The van der Waals surface area contributed by atoms with Gasteiger partial charge in [0.1, 0.15) is 17.1 Å². The van der Waals surface area contributed by atoms with Crippen molar-refractivity contribution >= 4 is 16.9 Å². The number of amides is 1. The van der Waals surface area contributed by atoms with Crippen molar-refractivity contribution in [3.8, 4) is 5.75 Å². The quantitative estimate of drug-likeness (QED) is 0.684. The zero-order valence-electron chi connectivity index (χ0n) is 13.8. The molecule has 128 valence electrons. The Morgan fingerprint density at radius 2 is 1.88 bits per heavy atom. The molecule has 0 radical (unpaired) electrons. The number of halogens is 1. The van der Waals surface area contributed by atoms with Crippen LogP contribution in [0.2, 0.25) is 0 Å². The highest BCUT2D eigenvalue weighted by Crippen LogP contribution is 2.23. The predicted octanol–water partition coefficient (Wildman–Crippen LogP) is 3.21. The molecule has 0 aliphatic heterocycles. The zero-order chi connectivity index (χ0) is 18.0. The predicted molar refractivity (Wildman–Crippen MR) is 91.2 cm³/mol. The Hall–Kier alpha value is -3.15. The van der Waals surface area contributed by atoms with Gasteiger partial charge in [0.2, 0.25) is 0 Å². The summed E-state index contributed by atoms with van der Waals surface area (Å²) >= 11 is 0. The minimum absolute atomic E-state index is 0.249. The van der Waals surface area contributed by atoms with Crippen molar-refractivity contribution in [3.05, 3.63) is 75.9 Å². The standard InChI is InChI=1S/C19H16FNO4/c1-21(11-12-3-5-13(20)6-4-12)19(23)16-10-18(22)25-17-9-14(24-2)7-8-15(16)17/h3-10H,11H2,1-2H3. The van der Waals surface area contributed by atoms with Gasteiger partial charge in [-0.05, 0) is 29.8 Å². The van der Waals surface area contributed by atoms with Crippen LogP contribution in [-0.2, 0) is 6.54 Å². The summed E-state index contributed by atoms with van der Waals surface area (Å²) in [7, 11) is 3.13. The molecule has 0 aliphatic carbocycles.